The number of aryl methyl sites for hydroxylation is 1. The van der Waals surface area contributed by atoms with E-state index in [-0.39, 0.29) is 5.60 Å². The highest BCUT2D eigenvalue weighted by Gasteiger charge is 2.42. The van der Waals surface area contributed by atoms with Gasteiger partial charge < -0.3 is 4.84 Å². The Morgan fingerprint density at radius 1 is 1.16 bits per heavy atom. The van der Waals surface area contributed by atoms with Crippen LogP contribution < -0.4 is 0 Å². The molecule has 0 atom stereocenters. The molecule has 0 bridgehead atoms. The van der Waals surface area contributed by atoms with Gasteiger partial charge in [-0.2, -0.15) is 5.10 Å². The molecule has 2 fully saturated rings. The quantitative estimate of drug-likeness (QED) is 0.777. The van der Waals surface area contributed by atoms with Crippen molar-refractivity contribution < 1.29 is 4.84 Å². The first-order valence-corrected chi connectivity index (χ1v) is 10.0. The Balaban J connectivity index is 1.53. The predicted octanol–water partition coefficient (Wildman–Crippen LogP) is 5.15. The molecule has 4 nitrogen and oxygen atoms in total. The summed E-state index contributed by atoms with van der Waals surface area (Å²) < 4.78 is 2.31. The Morgan fingerprint density at radius 2 is 1.96 bits per heavy atom. The van der Waals surface area contributed by atoms with Crippen molar-refractivity contribution in [2.45, 2.75) is 82.8 Å². The van der Waals surface area contributed by atoms with Gasteiger partial charge in [0.05, 0.1) is 23.0 Å². The minimum atomic E-state index is 0.00453. The largest absolute Gasteiger partial charge is 0.389 e. The third-order valence-electron chi connectivity index (χ3n) is 6.48. The number of oxime groups is 1. The Kier molecular flexibility index (Phi) is 3.61. The summed E-state index contributed by atoms with van der Waals surface area (Å²) in [4.78, 5) is 5.90. The lowest BCUT2D eigenvalue weighted by molar-refractivity contribution is -0.0126. The van der Waals surface area contributed by atoms with Gasteiger partial charge in [-0.05, 0) is 51.0 Å². The maximum atomic E-state index is 5.90. The lowest BCUT2D eigenvalue weighted by atomic mass is 9.92. The molecule has 2 aromatic rings. The number of fused-ring (bicyclic) bond motifs is 1. The Labute approximate surface area is 149 Å². The molecule has 132 valence electrons. The zero-order valence-electron chi connectivity index (χ0n) is 15.1. The van der Waals surface area contributed by atoms with Crippen LogP contribution in [0.15, 0.2) is 23.4 Å². The molecule has 1 spiro atoms. The van der Waals surface area contributed by atoms with E-state index >= 15 is 0 Å². The molecule has 1 aromatic heterocycles. The molecule has 1 aromatic carbocycles. The van der Waals surface area contributed by atoms with Gasteiger partial charge in [-0.1, -0.05) is 37.1 Å². The van der Waals surface area contributed by atoms with Gasteiger partial charge in [0.2, 0.25) is 0 Å². The normalized spacial score (nSPS) is 22.8. The fraction of sp³-hybridized carbons (Fsp3) is 0.619. The summed E-state index contributed by atoms with van der Waals surface area (Å²) in [5.74, 6) is 0. The number of benzene rings is 1. The highest BCUT2D eigenvalue weighted by molar-refractivity contribution is 6.04. The lowest BCUT2D eigenvalue weighted by Gasteiger charge is -2.19. The van der Waals surface area contributed by atoms with E-state index in [2.05, 4.69) is 35.0 Å². The van der Waals surface area contributed by atoms with Crippen LogP contribution in [0.4, 0.5) is 0 Å². The third kappa shape index (κ3) is 2.49. The molecule has 0 amide bonds. The summed E-state index contributed by atoms with van der Waals surface area (Å²) in [7, 11) is 0. The van der Waals surface area contributed by atoms with Crippen LogP contribution in [0.5, 0.6) is 0 Å². The molecule has 3 aliphatic rings. The summed E-state index contributed by atoms with van der Waals surface area (Å²) in [5, 5.41) is 10.8. The minimum absolute atomic E-state index is 0.00453. The van der Waals surface area contributed by atoms with Gasteiger partial charge in [-0.15, -0.1) is 0 Å². The summed E-state index contributed by atoms with van der Waals surface area (Å²) >= 11 is 0. The first-order valence-electron chi connectivity index (χ1n) is 10.0. The first kappa shape index (κ1) is 15.4. The van der Waals surface area contributed by atoms with E-state index in [9.17, 15) is 0 Å². The zero-order chi connectivity index (χ0) is 16.9. The number of hydrogen-bond donors (Lipinski definition) is 0. The van der Waals surface area contributed by atoms with E-state index < -0.39 is 0 Å². The monoisotopic (exact) mass is 337 g/mol. The van der Waals surface area contributed by atoms with Gasteiger partial charge in [0.15, 0.2) is 0 Å². The van der Waals surface area contributed by atoms with Crippen LogP contribution in [-0.2, 0) is 11.3 Å². The van der Waals surface area contributed by atoms with Crippen molar-refractivity contribution in [3.63, 3.8) is 0 Å². The summed E-state index contributed by atoms with van der Waals surface area (Å²) in [6, 6.07) is 7.36. The molecule has 0 saturated heterocycles. The molecule has 1 aliphatic heterocycles. The van der Waals surface area contributed by atoms with Crippen LogP contribution >= 0.6 is 0 Å². The number of hydrogen-bond acceptors (Lipinski definition) is 3. The maximum absolute atomic E-state index is 5.90. The summed E-state index contributed by atoms with van der Waals surface area (Å²) in [6.45, 7) is 2.20. The minimum Gasteiger partial charge on any atom is -0.389 e. The van der Waals surface area contributed by atoms with Crippen LogP contribution in [0.1, 0.15) is 82.0 Å². The molecule has 0 unspecified atom stereocenters. The molecule has 5 rings (SSSR count). The predicted molar refractivity (Wildman–Crippen MR) is 100 cm³/mol. The van der Waals surface area contributed by atoms with Gasteiger partial charge in [-0.25, -0.2) is 0 Å². The van der Waals surface area contributed by atoms with E-state index in [1.807, 2.05) is 0 Å². The van der Waals surface area contributed by atoms with Gasteiger partial charge in [-0.3, -0.25) is 4.68 Å². The second-order valence-corrected chi connectivity index (χ2v) is 8.11. The van der Waals surface area contributed by atoms with Crippen LogP contribution in [-0.4, -0.2) is 21.1 Å². The molecule has 0 radical (unpaired) electrons. The van der Waals surface area contributed by atoms with Gasteiger partial charge >= 0.3 is 0 Å². The zero-order valence-corrected chi connectivity index (χ0v) is 15.1. The highest BCUT2D eigenvalue weighted by Crippen LogP contribution is 2.41. The molecule has 0 N–H and O–H groups in total. The number of nitrogens with zero attached hydrogens (tertiary/aromatic N) is 3. The van der Waals surface area contributed by atoms with Crippen LogP contribution in [0.25, 0.3) is 10.9 Å². The van der Waals surface area contributed by atoms with Crippen molar-refractivity contribution >= 4 is 16.6 Å². The van der Waals surface area contributed by atoms with Crippen LogP contribution in [0.2, 0.25) is 0 Å². The fourth-order valence-corrected chi connectivity index (χ4v) is 5.03. The Hall–Kier alpha value is -1.84. The van der Waals surface area contributed by atoms with E-state index in [1.165, 1.54) is 60.7 Å². The van der Waals surface area contributed by atoms with Crippen molar-refractivity contribution in [1.29, 1.82) is 0 Å². The maximum Gasteiger partial charge on any atom is 0.143 e. The summed E-state index contributed by atoms with van der Waals surface area (Å²) in [5.41, 5.74) is 4.87. The lowest BCUT2D eigenvalue weighted by Crippen LogP contribution is -2.24. The van der Waals surface area contributed by atoms with Crippen LogP contribution in [0, 0.1) is 0 Å². The molecular weight excluding hydrogens is 310 g/mol. The first-order chi connectivity index (χ1) is 12.3. The standard InChI is InChI=1S/C21H27N3O/c1-2-18-17-10-9-15(19-14-21(25-23-19)11-5-6-12-21)13-20(17)24(22-18)16-7-3-4-8-16/h9-10,13,16H,2-8,11-12,14H2,1H3. The van der Waals surface area contributed by atoms with Crippen LogP contribution in [0.3, 0.4) is 0 Å². The van der Waals surface area contributed by atoms with E-state index in [1.54, 1.807) is 0 Å². The average Bonchev–Trinajstić information content (AvgIpc) is 3.43. The van der Waals surface area contributed by atoms with Crippen molar-refractivity contribution in [2.75, 3.05) is 0 Å². The number of aromatic nitrogens is 2. The second-order valence-electron chi connectivity index (χ2n) is 8.11. The SMILES string of the molecule is CCc1nn(C2CCCC2)c2cc(C3=NOC4(CCCC4)C3)ccc12. The van der Waals surface area contributed by atoms with Crippen molar-refractivity contribution in [2.24, 2.45) is 5.16 Å². The third-order valence-corrected chi connectivity index (χ3v) is 6.48. The molecule has 25 heavy (non-hydrogen) atoms. The van der Waals surface area contributed by atoms with Gasteiger partial charge in [0.1, 0.15) is 5.60 Å². The highest BCUT2D eigenvalue weighted by atomic mass is 16.7. The average molecular weight is 337 g/mol. The van der Waals surface area contributed by atoms with E-state index in [0.29, 0.717) is 6.04 Å². The second kappa shape index (κ2) is 5.86. The molecule has 4 heteroatoms. The van der Waals surface area contributed by atoms with Crippen molar-refractivity contribution in [3.05, 3.63) is 29.5 Å². The number of rotatable bonds is 3. The van der Waals surface area contributed by atoms with Gasteiger partial charge in [0, 0.05) is 17.4 Å². The van der Waals surface area contributed by atoms with Crippen molar-refractivity contribution in [3.8, 4) is 0 Å². The Morgan fingerprint density at radius 3 is 2.72 bits per heavy atom. The van der Waals surface area contributed by atoms with E-state index in [4.69, 9.17) is 9.94 Å². The molecule has 2 aliphatic carbocycles. The van der Waals surface area contributed by atoms with E-state index in [0.717, 1.165) is 31.4 Å². The fourth-order valence-electron chi connectivity index (χ4n) is 5.03. The topological polar surface area (TPSA) is 39.4 Å². The summed E-state index contributed by atoms with van der Waals surface area (Å²) in [6.07, 6.45) is 12.0. The molecular formula is C21H27N3O. The van der Waals surface area contributed by atoms with Crippen molar-refractivity contribution in [1.82, 2.24) is 9.78 Å². The molecule has 2 heterocycles. The molecule has 2 saturated carbocycles. The van der Waals surface area contributed by atoms with Gasteiger partial charge in [0.25, 0.3) is 0 Å². The Bertz CT molecular complexity index is 823. The smallest absolute Gasteiger partial charge is 0.143 e.